The standard InChI is InChI=1S/2C6H14.C4H9.Li/c2*1-3-5-6-4-2;1-3-4-2;/h2*3-6H2,1-2H3;3H,4H2,1-2H3;. The first-order chi connectivity index (χ1) is 8.10. The van der Waals surface area contributed by atoms with Crippen LogP contribution in [-0.2, 0) is 0 Å². The molecule has 0 radical (unpaired) electrons. The van der Waals surface area contributed by atoms with Crippen LogP contribution in [0.2, 0.25) is 4.59 Å². The topological polar surface area (TPSA) is 0 Å². The van der Waals surface area contributed by atoms with Crippen LogP contribution in [0, 0.1) is 0 Å². The van der Waals surface area contributed by atoms with Crippen LogP contribution >= 0.6 is 0 Å². The van der Waals surface area contributed by atoms with Gasteiger partial charge in [0.25, 0.3) is 0 Å². The van der Waals surface area contributed by atoms with E-state index in [1.165, 1.54) is 57.8 Å². The first-order valence-electron chi connectivity index (χ1n) is 8.10. The monoisotopic (exact) mass is 236 g/mol. The van der Waals surface area contributed by atoms with Crippen molar-refractivity contribution in [3.05, 3.63) is 0 Å². The molecule has 102 valence electrons. The van der Waals surface area contributed by atoms with Gasteiger partial charge < -0.3 is 0 Å². The van der Waals surface area contributed by atoms with Gasteiger partial charge in [-0.15, -0.1) is 0 Å². The number of rotatable bonds is 7. The van der Waals surface area contributed by atoms with Gasteiger partial charge in [-0.3, -0.25) is 0 Å². The average Bonchev–Trinajstić information content (AvgIpc) is 2.35. The van der Waals surface area contributed by atoms with E-state index in [4.69, 9.17) is 0 Å². The van der Waals surface area contributed by atoms with Gasteiger partial charge in [-0.1, -0.05) is 79.1 Å². The number of hydrogen-bond donors (Lipinski definition) is 0. The van der Waals surface area contributed by atoms with Gasteiger partial charge in [-0.2, -0.15) is 0 Å². The predicted molar refractivity (Wildman–Crippen MR) is 85.1 cm³/mol. The molecule has 0 bridgehead atoms. The van der Waals surface area contributed by atoms with Crippen molar-refractivity contribution in [1.82, 2.24) is 0 Å². The molecule has 1 unspecified atom stereocenters. The summed E-state index contributed by atoms with van der Waals surface area (Å²) in [7, 11) is 0. The van der Waals surface area contributed by atoms with Crippen molar-refractivity contribution in [2.45, 2.75) is 104 Å². The molecular formula is C16H37Li. The molecule has 0 nitrogen and oxygen atoms in total. The molecule has 0 aromatic carbocycles. The molecule has 0 heterocycles. The van der Waals surface area contributed by atoms with Crippen molar-refractivity contribution in [1.29, 1.82) is 0 Å². The van der Waals surface area contributed by atoms with Gasteiger partial charge in [0.15, 0.2) is 0 Å². The summed E-state index contributed by atoms with van der Waals surface area (Å²) >= 11 is 2.22. The van der Waals surface area contributed by atoms with E-state index in [0.717, 1.165) is 4.59 Å². The van der Waals surface area contributed by atoms with Crippen molar-refractivity contribution in [2.75, 3.05) is 0 Å². The van der Waals surface area contributed by atoms with E-state index < -0.39 is 0 Å². The van der Waals surface area contributed by atoms with Crippen molar-refractivity contribution < 1.29 is 0 Å². The predicted octanol–water partition coefficient (Wildman–Crippen LogP) is 6.55. The van der Waals surface area contributed by atoms with Crippen LogP contribution in [0.5, 0.6) is 0 Å². The molecule has 0 saturated carbocycles. The zero-order chi connectivity index (χ0) is 13.9. The summed E-state index contributed by atoms with van der Waals surface area (Å²) in [6.07, 6.45) is 12.4. The normalized spacial score (nSPS) is 10.8. The number of unbranched alkanes of at least 4 members (excludes halogenated alkanes) is 6. The molecule has 1 heteroatoms. The van der Waals surface area contributed by atoms with Gasteiger partial charge in [-0.05, 0) is 0 Å². The van der Waals surface area contributed by atoms with Gasteiger partial charge >= 0.3 is 42.6 Å². The third kappa shape index (κ3) is 47.8. The molecule has 0 spiro atoms. The maximum atomic E-state index is 2.23. The minimum absolute atomic E-state index is 0.884. The molecule has 0 saturated heterocycles. The molecule has 17 heavy (non-hydrogen) atoms. The van der Waals surface area contributed by atoms with Crippen LogP contribution in [0.15, 0.2) is 0 Å². The summed E-state index contributed by atoms with van der Waals surface area (Å²) < 4.78 is 0.884. The molecule has 0 aromatic heterocycles. The van der Waals surface area contributed by atoms with E-state index in [2.05, 4.69) is 59.3 Å². The van der Waals surface area contributed by atoms with Crippen LogP contribution < -0.4 is 0 Å². The van der Waals surface area contributed by atoms with E-state index in [-0.39, 0.29) is 0 Å². The molecule has 0 aromatic rings. The Morgan fingerprint density at radius 1 is 0.647 bits per heavy atom. The summed E-state index contributed by atoms with van der Waals surface area (Å²) in [6, 6.07) is 0. The second-order valence-electron chi connectivity index (χ2n) is 5.22. The summed E-state index contributed by atoms with van der Waals surface area (Å²) in [5.41, 5.74) is 0. The Morgan fingerprint density at radius 2 is 0.824 bits per heavy atom. The maximum absolute atomic E-state index is 2.23. The van der Waals surface area contributed by atoms with Crippen LogP contribution in [0.3, 0.4) is 0 Å². The van der Waals surface area contributed by atoms with Crippen molar-refractivity contribution >= 4 is 17.7 Å². The van der Waals surface area contributed by atoms with Gasteiger partial charge in [0.1, 0.15) is 0 Å². The quantitative estimate of drug-likeness (QED) is 0.347. The fourth-order valence-electron chi connectivity index (χ4n) is 1.000. The average molecular weight is 236 g/mol. The van der Waals surface area contributed by atoms with Crippen molar-refractivity contribution in [3.8, 4) is 0 Å². The molecular weight excluding hydrogens is 199 g/mol. The van der Waals surface area contributed by atoms with Gasteiger partial charge in [-0.25, -0.2) is 0 Å². The van der Waals surface area contributed by atoms with Crippen LogP contribution in [0.4, 0.5) is 0 Å². The third-order valence-corrected chi connectivity index (χ3v) is 2.73. The summed E-state index contributed by atoms with van der Waals surface area (Å²) in [4.78, 5) is 0. The zero-order valence-electron chi connectivity index (χ0n) is 13.9. The van der Waals surface area contributed by atoms with Crippen molar-refractivity contribution in [2.24, 2.45) is 0 Å². The molecule has 0 aliphatic rings. The molecule has 0 N–H and O–H groups in total. The van der Waals surface area contributed by atoms with Crippen LogP contribution in [0.1, 0.15) is 99.3 Å². The molecule has 0 fully saturated rings. The second-order valence-corrected chi connectivity index (χ2v) is 5.22. The molecule has 0 aliphatic heterocycles. The minimum atomic E-state index is 0.884. The third-order valence-electron chi connectivity index (χ3n) is 2.73. The van der Waals surface area contributed by atoms with Gasteiger partial charge in [0.2, 0.25) is 0 Å². The fourth-order valence-corrected chi connectivity index (χ4v) is 1.000. The Morgan fingerprint density at radius 3 is 0.882 bits per heavy atom. The Balaban J connectivity index is -0.000000174. The second kappa shape index (κ2) is 25.4. The molecule has 1 atom stereocenters. The summed E-state index contributed by atoms with van der Waals surface area (Å²) in [6.45, 7) is 13.3. The Bertz CT molecular complexity index is 73.5. The summed E-state index contributed by atoms with van der Waals surface area (Å²) in [5, 5.41) is 0. The van der Waals surface area contributed by atoms with Gasteiger partial charge in [0.05, 0.1) is 0 Å². The zero-order valence-corrected chi connectivity index (χ0v) is 13.9. The first-order valence-corrected chi connectivity index (χ1v) is 8.10. The van der Waals surface area contributed by atoms with Crippen LogP contribution in [-0.4, -0.2) is 17.7 Å². The summed E-state index contributed by atoms with van der Waals surface area (Å²) in [5.74, 6) is 0. The Hall–Kier alpha value is 0.597. The Labute approximate surface area is 122 Å². The first kappa shape index (κ1) is 22.7. The number of hydrogen-bond acceptors (Lipinski definition) is 0. The van der Waals surface area contributed by atoms with E-state index >= 15 is 0 Å². The van der Waals surface area contributed by atoms with E-state index in [1.54, 1.807) is 0 Å². The van der Waals surface area contributed by atoms with E-state index in [0.29, 0.717) is 0 Å². The van der Waals surface area contributed by atoms with Gasteiger partial charge in [0, 0.05) is 0 Å². The molecule has 0 amide bonds. The van der Waals surface area contributed by atoms with E-state index in [9.17, 15) is 0 Å². The molecule has 0 aliphatic carbocycles. The molecule has 0 rings (SSSR count). The van der Waals surface area contributed by atoms with Crippen molar-refractivity contribution in [3.63, 3.8) is 0 Å². The SMILES string of the molecule is CCCCCC.CCCCCC.[Li][CH](C)CC. The fraction of sp³-hybridized carbons (Fsp3) is 1.00. The van der Waals surface area contributed by atoms with Crippen LogP contribution in [0.25, 0.3) is 0 Å². The van der Waals surface area contributed by atoms with E-state index in [1.807, 2.05) is 0 Å². The Kier molecular flexibility index (Phi) is 34.0.